The third kappa shape index (κ3) is 5.14. The molecule has 3 rings (SSSR count). The first-order valence-corrected chi connectivity index (χ1v) is 9.76. The Morgan fingerprint density at radius 1 is 1.18 bits per heavy atom. The number of halogens is 2. The number of hydrogen-bond donors (Lipinski definition) is 1. The molecule has 1 fully saturated rings. The summed E-state index contributed by atoms with van der Waals surface area (Å²) in [5.41, 5.74) is 1.93. The van der Waals surface area contributed by atoms with E-state index in [1.165, 1.54) is 13.2 Å². The van der Waals surface area contributed by atoms with Crippen molar-refractivity contribution in [2.45, 2.75) is 6.54 Å². The largest absolute Gasteiger partial charge is 0.494 e. The molecule has 0 spiro atoms. The molecule has 0 aromatic heterocycles. The number of methoxy groups -OCH3 is 1. The number of likely N-dealkylation sites (N-methyl/N-ethyl adjacent to an activating group) is 1. The number of piperazine rings is 1. The van der Waals surface area contributed by atoms with Crippen molar-refractivity contribution < 1.29 is 18.8 Å². The average molecular weight is 407 g/mol. The lowest BCUT2D eigenvalue weighted by Crippen LogP contribution is -3.09. The van der Waals surface area contributed by atoms with Gasteiger partial charge in [0.25, 0.3) is 5.91 Å². The van der Waals surface area contributed by atoms with Gasteiger partial charge >= 0.3 is 0 Å². The van der Waals surface area contributed by atoms with E-state index in [-0.39, 0.29) is 17.5 Å². The quantitative estimate of drug-likeness (QED) is 0.795. The van der Waals surface area contributed by atoms with Crippen LogP contribution in [0.5, 0.6) is 5.75 Å². The lowest BCUT2D eigenvalue weighted by atomic mass is 10.2. The number of benzene rings is 2. The summed E-state index contributed by atoms with van der Waals surface area (Å²) >= 11 is 6.07. The predicted molar refractivity (Wildman–Crippen MR) is 109 cm³/mol. The third-order valence-corrected chi connectivity index (χ3v) is 5.22. The molecule has 0 bridgehead atoms. The summed E-state index contributed by atoms with van der Waals surface area (Å²) in [7, 11) is 3.39. The van der Waals surface area contributed by atoms with Crippen LogP contribution in [0.25, 0.3) is 0 Å². The molecular formula is C21H26ClFN3O2+. The lowest BCUT2D eigenvalue weighted by molar-refractivity contribution is -0.885. The molecule has 1 unspecified atom stereocenters. The van der Waals surface area contributed by atoms with Crippen LogP contribution in [0.2, 0.25) is 5.02 Å². The van der Waals surface area contributed by atoms with Crippen molar-refractivity contribution in [1.82, 2.24) is 4.90 Å². The van der Waals surface area contributed by atoms with E-state index >= 15 is 0 Å². The Morgan fingerprint density at radius 2 is 1.93 bits per heavy atom. The lowest BCUT2D eigenvalue weighted by Gasteiger charge is -2.36. The van der Waals surface area contributed by atoms with Gasteiger partial charge in [-0.1, -0.05) is 17.7 Å². The van der Waals surface area contributed by atoms with Gasteiger partial charge in [0.05, 0.1) is 14.2 Å². The second-order valence-electron chi connectivity index (χ2n) is 7.13. The van der Waals surface area contributed by atoms with Crippen LogP contribution in [0, 0.1) is 5.82 Å². The highest BCUT2D eigenvalue weighted by Gasteiger charge is 2.23. The average Bonchev–Trinajstić information content (AvgIpc) is 2.68. The molecule has 0 saturated carbocycles. The molecule has 7 heteroatoms. The van der Waals surface area contributed by atoms with Gasteiger partial charge < -0.3 is 19.4 Å². The molecule has 1 amide bonds. The van der Waals surface area contributed by atoms with Crippen molar-refractivity contribution in [2.75, 3.05) is 51.8 Å². The maximum Gasteiger partial charge on any atom is 0.277 e. The molecule has 2 aromatic carbocycles. The zero-order valence-corrected chi connectivity index (χ0v) is 17.0. The van der Waals surface area contributed by atoms with Crippen LogP contribution in [0.3, 0.4) is 0 Å². The first kappa shape index (κ1) is 20.4. The maximum atomic E-state index is 13.8. The van der Waals surface area contributed by atoms with Gasteiger partial charge in [-0.15, -0.1) is 0 Å². The molecule has 1 heterocycles. The highest BCUT2D eigenvalue weighted by Crippen LogP contribution is 2.21. The number of quaternary nitrogens is 1. The van der Waals surface area contributed by atoms with Gasteiger partial charge in [-0.25, -0.2) is 4.39 Å². The van der Waals surface area contributed by atoms with Gasteiger partial charge in [0, 0.05) is 42.5 Å². The highest BCUT2D eigenvalue weighted by atomic mass is 35.5. The number of nitrogens with one attached hydrogen (secondary N) is 1. The second kappa shape index (κ2) is 9.26. The fourth-order valence-corrected chi connectivity index (χ4v) is 3.67. The van der Waals surface area contributed by atoms with Gasteiger partial charge in [-0.05, 0) is 36.4 Å². The number of hydrogen-bond acceptors (Lipinski definition) is 3. The van der Waals surface area contributed by atoms with Crippen molar-refractivity contribution in [1.29, 1.82) is 0 Å². The van der Waals surface area contributed by atoms with E-state index in [0.29, 0.717) is 26.2 Å². The number of anilines is 1. The molecule has 1 saturated heterocycles. The molecule has 2 aromatic rings. The minimum absolute atomic E-state index is 0.122. The minimum atomic E-state index is -0.378. The molecule has 1 atom stereocenters. The van der Waals surface area contributed by atoms with Crippen molar-refractivity contribution >= 4 is 23.2 Å². The second-order valence-corrected chi connectivity index (χ2v) is 7.56. The molecule has 0 radical (unpaired) electrons. The van der Waals surface area contributed by atoms with Crippen molar-refractivity contribution in [3.05, 3.63) is 58.9 Å². The summed E-state index contributed by atoms with van der Waals surface area (Å²) in [6.45, 7) is 3.91. The summed E-state index contributed by atoms with van der Waals surface area (Å²) < 4.78 is 18.8. The molecular weight excluding hydrogens is 381 g/mol. The van der Waals surface area contributed by atoms with Crippen LogP contribution in [0.1, 0.15) is 5.56 Å². The van der Waals surface area contributed by atoms with E-state index < -0.39 is 0 Å². The standard InChI is InChI=1S/C21H25ClFN3O2/c1-24(14-16-6-7-20(28-2)19(23)12-16)15-21(27)26-10-8-25(9-11-26)18-5-3-4-17(22)13-18/h3-7,12-13H,8-11,14-15H2,1-2H3/p+1. The monoisotopic (exact) mass is 406 g/mol. The fourth-order valence-electron chi connectivity index (χ4n) is 3.49. The first-order valence-electron chi connectivity index (χ1n) is 9.38. The van der Waals surface area contributed by atoms with Crippen LogP contribution in [-0.2, 0) is 11.3 Å². The molecule has 0 aliphatic carbocycles. The highest BCUT2D eigenvalue weighted by molar-refractivity contribution is 6.30. The predicted octanol–water partition coefficient (Wildman–Crippen LogP) is 1.85. The van der Waals surface area contributed by atoms with Gasteiger partial charge in [-0.3, -0.25) is 4.79 Å². The van der Waals surface area contributed by atoms with Gasteiger partial charge in [-0.2, -0.15) is 0 Å². The smallest absolute Gasteiger partial charge is 0.277 e. The van der Waals surface area contributed by atoms with E-state index in [1.54, 1.807) is 6.07 Å². The number of amides is 1. The Hall–Kier alpha value is -2.31. The van der Waals surface area contributed by atoms with Crippen LogP contribution in [0.4, 0.5) is 10.1 Å². The van der Waals surface area contributed by atoms with Crippen molar-refractivity contribution in [3.63, 3.8) is 0 Å². The Bertz CT molecular complexity index is 825. The Labute approximate surface area is 170 Å². The third-order valence-electron chi connectivity index (χ3n) is 4.98. The van der Waals surface area contributed by atoms with E-state index in [2.05, 4.69) is 4.90 Å². The molecule has 28 heavy (non-hydrogen) atoms. The summed E-state index contributed by atoms with van der Waals surface area (Å²) in [6.07, 6.45) is 0. The molecule has 150 valence electrons. The fraction of sp³-hybridized carbons (Fsp3) is 0.381. The maximum absolute atomic E-state index is 13.8. The van der Waals surface area contributed by atoms with Gasteiger partial charge in [0.1, 0.15) is 6.54 Å². The molecule has 5 nitrogen and oxygen atoms in total. The normalized spacial score (nSPS) is 15.4. The number of nitrogens with zero attached hydrogens (tertiary/aromatic N) is 2. The van der Waals surface area contributed by atoms with Crippen molar-refractivity contribution in [3.8, 4) is 5.75 Å². The molecule has 1 aliphatic heterocycles. The summed E-state index contributed by atoms with van der Waals surface area (Å²) in [4.78, 5) is 17.8. The SMILES string of the molecule is COc1ccc(C[NH+](C)CC(=O)N2CCN(c3cccc(Cl)c3)CC2)cc1F. The van der Waals surface area contributed by atoms with E-state index in [4.69, 9.17) is 16.3 Å². The molecule has 1 aliphatic rings. The number of carbonyl (C=O) groups is 1. The molecule has 1 N–H and O–H groups in total. The Morgan fingerprint density at radius 3 is 2.57 bits per heavy atom. The minimum Gasteiger partial charge on any atom is -0.494 e. The van der Waals surface area contributed by atoms with E-state index in [0.717, 1.165) is 34.3 Å². The van der Waals surface area contributed by atoms with E-state index in [1.807, 2.05) is 42.3 Å². The van der Waals surface area contributed by atoms with E-state index in [9.17, 15) is 9.18 Å². The van der Waals surface area contributed by atoms with Gasteiger partial charge in [0.15, 0.2) is 18.1 Å². The van der Waals surface area contributed by atoms with Crippen LogP contribution in [-0.4, -0.2) is 57.7 Å². The zero-order valence-electron chi connectivity index (χ0n) is 16.3. The van der Waals surface area contributed by atoms with Crippen LogP contribution >= 0.6 is 11.6 Å². The first-order chi connectivity index (χ1) is 13.5. The number of rotatable bonds is 6. The van der Waals surface area contributed by atoms with Crippen molar-refractivity contribution in [2.24, 2.45) is 0 Å². The van der Waals surface area contributed by atoms with Crippen LogP contribution in [0.15, 0.2) is 42.5 Å². The van der Waals surface area contributed by atoms with Gasteiger partial charge in [0.2, 0.25) is 0 Å². The summed E-state index contributed by atoms with van der Waals surface area (Å²) in [5.74, 6) is -0.0245. The zero-order chi connectivity index (χ0) is 20.1. The number of carbonyl (C=O) groups excluding carboxylic acids is 1. The number of ether oxygens (including phenoxy) is 1. The Balaban J connectivity index is 1.49. The topological polar surface area (TPSA) is 37.2 Å². The summed E-state index contributed by atoms with van der Waals surface area (Å²) in [5, 5.41) is 0.719. The summed E-state index contributed by atoms with van der Waals surface area (Å²) in [6, 6.07) is 12.7. The van der Waals surface area contributed by atoms with Crippen LogP contribution < -0.4 is 14.5 Å². The Kier molecular flexibility index (Phi) is 6.75.